The molecule has 1 aliphatic carbocycles. The monoisotopic (exact) mass is 398 g/mol. The molecule has 0 radical (unpaired) electrons. The van der Waals surface area contributed by atoms with Gasteiger partial charge in [-0.15, -0.1) is 0 Å². The summed E-state index contributed by atoms with van der Waals surface area (Å²) in [4.78, 5) is 17.7. The van der Waals surface area contributed by atoms with E-state index in [4.69, 9.17) is 0 Å². The summed E-state index contributed by atoms with van der Waals surface area (Å²) in [5, 5.41) is 9.11. The molecule has 4 rings (SSSR count). The van der Waals surface area contributed by atoms with Crippen LogP contribution < -0.4 is 0 Å². The van der Waals surface area contributed by atoms with E-state index >= 15 is 0 Å². The summed E-state index contributed by atoms with van der Waals surface area (Å²) in [5.41, 5.74) is 5.66. The molecule has 1 aliphatic heterocycles. The van der Waals surface area contributed by atoms with Crippen molar-refractivity contribution in [2.75, 3.05) is 26.2 Å². The predicted octanol–water partition coefficient (Wildman–Crippen LogP) is 2.72. The molecule has 0 unspecified atom stereocenters. The van der Waals surface area contributed by atoms with Crippen LogP contribution in [0.15, 0.2) is 6.20 Å². The number of amides is 1. The number of rotatable bonds is 6. The molecular formula is C22H34N6O. The Labute approximate surface area is 173 Å². The molecule has 2 fully saturated rings. The van der Waals surface area contributed by atoms with Gasteiger partial charge in [-0.25, -0.2) is 0 Å². The Morgan fingerprint density at radius 3 is 2.41 bits per heavy atom. The molecule has 7 nitrogen and oxygen atoms in total. The largest absolute Gasteiger partial charge is 0.336 e. The van der Waals surface area contributed by atoms with Crippen LogP contribution in [0.2, 0.25) is 0 Å². The Morgan fingerprint density at radius 1 is 1.17 bits per heavy atom. The highest BCUT2D eigenvalue weighted by Crippen LogP contribution is 2.42. The lowest BCUT2D eigenvalue weighted by Gasteiger charge is -2.34. The third-order valence-corrected chi connectivity index (χ3v) is 6.31. The lowest BCUT2D eigenvalue weighted by Crippen LogP contribution is -2.48. The predicted molar refractivity (Wildman–Crippen MR) is 113 cm³/mol. The molecule has 7 heteroatoms. The lowest BCUT2D eigenvalue weighted by atomic mass is 10.1. The number of aryl methyl sites for hydroxylation is 2. The first-order valence-corrected chi connectivity index (χ1v) is 10.9. The van der Waals surface area contributed by atoms with Crippen LogP contribution in [0.25, 0.3) is 0 Å². The van der Waals surface area contributed by atoms with Crippen molar-refractivity contribution in [3.8, 4) is 0 Å². The van der Waals surface area contributed by atoms with Crippen molar-refractivity contribution in [2.45, 2.75) is 59.5 Å². The minimum absolute atomic E-state index is 0.162. The van der Waals surface area contributed by atoms with Gasteiger partial charge in [0.15, 0.2) is 0 Å². The summed E-state index contributed by atoms with van der Waals surface area (Å²) in [6, 6.07) is 0. The van der Waals surface area contributed by atoms with Gasteiger partial charge >= 0.3 is 0 Å². The van der Waals surface area contributed by atoms with E-state index in [0.29, 0.717) is 11.8 Å². The van der Waals surface area contributed by atoms with E-state index in [-0.39, 0.29) is 5.91 Å². The zero-order chi connectivity index (χ0) is 20.7. The van der Waals surface area contributed by atoms with Crippen molar-refractivity contribution in [1.29, 1.82) is 0 Å². The number of carbonyl (C=O) groups excluding carboxylic acids is 1. The van der Waals surface area contributed by atoms with Gasteiger partial charge in [0.05, 0.1) is 23.1 Å². The van der Waals surface area contributed by atoms with Gasteiger partial charge < -0.3 is 4.90 Å². The number of nitrogens with zero attached hydrogens (tertiary/aromatic N) is 6. The van der Waals surface area contributed by atoms with Gasteiger partial charge in [-0.3, -0.25) is 19.1 Å². The fourth-order valence-corrected chi connectivity index (χ4v) is 4.39. The average Bonchev–Trinajstić information content (AvgIpc) is 3.40. The summed E-state index contributed by atoms with van der Waals surface area (Å²) < 4.78 is 4.04. The molecule has 1 saturated carbocycles. The number of aromatic nitrogens is 4. The van der Waals surface area contributed by atoms with Crippen molar-refractivity contribution in [2.24, 2.45) is 13.0 Å². The minimum Gasteiger partial charge on any atom is -0.336 e. The van der Waals surface area contributed by atoms with E-state index in [0.717, 1.165) is 50.5 Å². The maximum Gasteiger partial charge on any atom is 0.257 e. The Bertz CT molecular complexity index is 883. The average molecular weight is 399 g/mol. The molecular weight excluding hydrogens is 364 g/mol. The standard InChI is InChI=1S/C22H34N6O/c1-15(2)13-28-21(18-6-7-18)19(12-23-28)22(29)27-10-8-26(9-11-27)14-20-16(3)24-25(5)17(20)4/h12,15,18H,6-11,13-14H2,1-5H3. The van der Waals surface area contributed by atoms with Crippen molar-refractivity contribution >= 4 is 5.91 Å². The van der Waals surface area contributed by atoms with Gasteiger partial charge in [-0.2, -0.15) is 10.2 Å². The lowest BCUT2D eigenvalue weighted by molar-refractivity contribution is 0.0626. The van der Waals surface area contributed by atoms with Crippen LogP contribution in [0, 0.1) is 19.8 Å². The van der Waals surface area contributed by atoms with Crippen molar-refractivity contribution in [3.63, 3.8) is 0 Å². The normalized spacial score (nSPS) is 18.1. The number of piperazine rings is 1. The second-order valence-electron chi connectivity index (χ2n) is 9.14. The van der Waals surface area contributed by atoms with Crippen LogP contribution in [0.1, 0.15) is 65.6 Å². The molecule has 0 aromatic carbocycles. The Morgan fingerprint density at radius 2 is 1.86 bits per heavy atom. The molecule has 2 aromatic heterocycles. The summed E-state index contributed by atoms with van der Waals surface area (Å²) in [5.74, 6) is 1.21. The van der Waals surface area contributed by atoms with E-state index < -0.39 is 0 Å². The fraction of sp³-hybridized carbons (Fsp3) is 0.682. The zero-order valence-electron chi connectivity index (χ0n) is 18.5. The molecule has 1 saturated heterocycles. The van der Waals surface area contributed by atoms with Gasteiger partial charge in [0.1, 0.15) is 0 Å². The van der Waals surface area contributed by atoms with E-state index in [1.165, 1.54) is 29.8 Å². The van der Waals surface area contributed by atoms with Crippen molar-refractivity contribution in [3.05, 3.63) is 34.4 Å². The summed E-state index contributed by atoms with van der Waals surface area (Å²) >= 11 is 0. The highest BCUT2D eigenvalue weighted by Gasteiger charge is 2.34. The molecule has 29 heavy (non-hydrogen) atoms. The van der Waals surface area contributed by atoms with Crippen LogP contribution in [0.3, 0.4) is 0 Å². The van der Waals surface area contributed by atoms with E-state index in [1.54, 1.807) is 0 Å². The smallest absolute Gasteiger partial charge is 0.257 e. The van der Waals surface area contributed by atoms with E-state index in [1.807, 2.05) is 22.8 Å². The summed E-state index contributed by atoms with van der Waals surface area (Å²) in [6.07, 6.45) is 4.18. The van der Waals surface area contributed by atoms with Crippen LogP contribution >= 0.6 is 0 Å². The van der Waals surface area contributed by atoms with Gasteiger partial charge in [-0.05, 0) is 32.6 Å². The first kappa shape index (κ1) is 20.1. The number of hydrogen-bond acceptors (Lipinski definition) is 4. The zero-order valence-corrected chi connectivity index (χ0v) is 18.5. The topological polar surface area (TPSA) is 59.2 Å². The molecule has 0 spiro atoms. The maximum atomic E-state index is 13.3. The van der Waals surface area contributed by atoms with Crippen molar-refractivity contribution in [1.82, 2.24) is 29.4 Å². The van der Waals surface area contributed by atoms with Crippen LogP contribution in [-0.4, -0.2) is 61.4 Å². The molecule has 3 heterocycles. The Hall–Kier alpha value is -2.15. The molecule has 2 aliphatic rings. The molecule has 0 N–H and O–H groups in total. The Kier molecular flexibility index (Phi) is 5.51. The van der Waals surface area contributed by atoms with E-state index in [9.17, 15) is 4.79 Å². The fourth-order valence-electron chi connectivity index (χ4n) is 4.39. The first-order valence-electron chi connectivity index (χ1n) is 10.9. The molecule has 158 valence electrons. The number of hydrogen-bond donors (Lipinski definition) is 0. The third-order valence-electron chi connectivity index (χ3n) is 6.31. The van der Waals surface area contributed by atoms with Gasteiger partial charge in [-0.1, -0.05) is 13.8 Å². The third kappa shape index (κ3) is 4.10. The van der Waals surface area contributed by atoms with Gasteiger partial charge in [0.25, 0.3) is 5.91 Å². The van der Waals surface area contributed by atoms with Crippen molar-refractivity contribution < 1.29 is 4.79 Å². The first-order chi connectivity index (χ1) is 13.8. The quantitative estimate of drug-likeness (QED) is 0.751. The molecule has 1 amide bonds. The van der Waals surface area contributed by atoms with Gasteiger partial charge in [0, 0.05) is 63.5 Å². The SMILES string of the molecule is Cc1nn(C)c(C)c1CN1CCN(C(=O)c2cnn(CC(C)C)c2C2CC2)CC1. The molecule has 0 atom stereocenters. The van der Waals surface area contributed by atoms with E-state index in [2.05, 4.69) is 47.5 Å². The van der Waals surface area contributed by atoms with Crippen LogP contribution in [0.4, 0.5) is 0 Å². The highest BCUT2D eigenvalue weighted by molar-refractivity contribution is 5.95. The minimum atomic E-state index is 0.162. The number of carbonyl (C=O) groups is 1. The van der Waals surface area contributed by atoms with Crippen LogP contribution in [0.5, 0.6) is 0 Å². The highest BCUT2D eigenvalue weighted by atomic mass is 16.2. The van der Waals surface area contributed by atoms with Gasteiger partial charge in [0.2, 0.25) is 0 Å². The maximum absolute atomic E-state index is 13.3. The summed E-state index contributed by atoms with van der Waals surface area (Å²) in [7, 11) is 2.00. The molecule has 2 aromatic rings. The second-order valence-corrected chi connectivity index (χ2v) is 9.14. The van der Waals surface area contributed by atoms with Crippen LogP contribution in [-0.2, 0) is 20.1 Å². The second kappa shape index (κ2) is 7.94. The Balaban J connectivity index is 1.41. The molecule has 0 bridgehead atoms. The summed E-state index contributed by atoms with van der Waals surface area (Å²) in [6.45, 7) is 13.8.